The maximum absolute atomic E-state index is 11.7. The van der Waals surface area contributed by atoms with Crippen LogP contribution in [0.3, 0.4) is 0 Å². The van der Waals surface area contributed by atoms with Gasteiger partial charge in [0.15, 0.2) is 0 Å². The van der Waals surface area contributed by atoms with E-state index >= 15 is 0 Å². The van der Waals surface area contributed by atoms with Crippen molar-refractivity contribution in [2.24, 2.45) is 0 Å². The number of aliphatic carboxylic acids is 1. The fraction of sp³-hybridized carbons (Fsp3) is 0.143. The summed E-state index contributed by atoms with van der Waals surface area (Å²) >= 11 is 0. The molecule has 2 rings (SSSR count). The fourth-order valence-electron chi connectivity index (χ4n) is 1.72. The third-order valence-corrected chi connectivity index (χ3v) is 2.75. The van der Waals surface area contributed by atoms with Gasteiger partial charge in [0.2, 0.25) is 0 Å². The summed E-state index contributed by atoms with van der Waals surface area (Å²) in [5.74, 6) is -2.09. The van der Waals surface area contributed by atoms with E-state index in [4.69, 9.17) is 4.42 Å². The van der Waals surface area contributed by atoms with Gasteiger partial charge in [-0.2, -0.15) is 0 Å². The van der Waals surface area contributed by atoms with Gasteiger partial charge in [-0.05, 0) is 11.6 Å². The van der Waals surface area contributed by atoms with Gasteiger partial charge in [-0.15, -0.1) is 0 Å². The highest BCUT2D eigenvalue weighted by Crippen LogP contribution is 2.15. The largest absolute Gasteiger partial charge is 0.481 e. The van der Waals surface area contributed by atoms with Gasteiger partial charge in [-0.1, -0.05) is 30.3 Å². The number of carbonyl (C=O) groups excluding carboxylic acids is 1. The molecule has 0 spiro atoms. The normalized spacial score (nSPS) is 11.8. The number of amides is 1. The van der Waals surface area contributed by atoms with Crippen molar-refractivity contribution in [1.29, 1.82) is 0 Å². The fourth-order valence-corrected chi connectivity index (χ4v) is 1.72. The average molecular weight is 259 g/mol. The molecule has 0 aliphatic rings. The Labute approximate surface area is 109 Å². The minimum absolute atomic E-state index is 0.0311. The van der Waals surface area contributed by atoms with Gasteiger partial charge >= 0.3 is 5.97 Å². The third-order valence-electron chi connectivity index (χ3n) is 2.75. The third kappa shape index (κ3) is 3.22. The summed E-state index contributed by atoms with van der Waals surface area (Å²) in [4.78, 5) is 22.9. The minimum atomic E-state index is -0.973. The lowest BCUT2D eigenvalue weighted by Gasteiger charge is -2.13. The van der Waals surface area contributed by atoms with Crippen LogP contribution in [0.5, 0.6) is 0 Å². The van der Waals surface area contributed by atoms with Crippen LogP contribution in [0.2, 0.25) is 0 Å². The number of hydrogen-bond donors (Lipinski definition) is 2. The molecule has 2 N–H and O–H groups in total. The molecule has 0 saturated carbocycles. The van der Waals surface area contributed by atoms with Gasteiger partial charge in [0.25, 0.3) is 5.91 Å². The van der Waals surface area contributed by atoms with Gasteiger partial charge in [0.1, 0.15) is 6.26 Å². The van der Waals surface area contributed by atoms with Crippen LogP contribution in [0, 0.1) is 0 Å². The number of benzene rings is 1. The molecule has 0 fully saturated rings. The first-order chi connectivity index (χ1) is 9.18. The second-order valence-corrected chi connectivity index (χ2v) is 4.02. The molecule has 19 heavy (non-hydrogen) atoms. The maximum Gasteiger partial charge on any atom is 0.312 e. The van der Waals surface area contributed by atoms with E-state index in [1.54, 1.807) is 24.3 Å². The Balaban J connectivity index is 2.03. The van der Waals surface area contributed by atoms with E-state index in [1.807, 2.05) is 6.07 Å². The molecular weight excluding hydrogens is 246 g/mol. The number of carbonyl (C=O) groups is 2. The van der Waals surface area contributed by atoms with Crippen molar-refractivity contribution in [2.75, 3.05) is 6.54 Å². The topological polar surface area (TPSA) is 79.5 Å². The molecule has 1 atom stereocenters. The van der Waals surface area contributed by atoms with Crippen LogP contribution in [0.25, 0.3) is 0 Å². The number of carboxylic acid groups (broad SMARTS) is 1. The van der Waals surface area contributed by atoms with Crippen molar-refractivity contribution in [3.63, 3.8) is 0 Å². The molecule has 5 heteroatoms. The number of nitrogens with one attached hydrogen (secondary N) is 1. The lowest BCUT2D eigenvalue weighted by atomic mass is 9.99. The summed E-state index contributed by atoms with van der Waals surface area (Å²) in [5.41, 5.74) is 1.03. The monoisotopic (exact) mass is 259 g/mol. The standard InChI is InChI=1S/C14H13NO4/c16-13(11-6-7-19-9-11)15-8-12(14(17)18)10-4-2-1-3-5-10/h1-7,9,12H,8H2,(H,15,16)(H,17,18). The van der Waals surface area contributed by atoms with Crippen molar-refractivity contribution in [2.45, 2.75) is 5.92 Å². The summed E-state index contributed by atoms with van der Waals surface area (Å²) in [6, 6.07) is 10.3. The number of hydrogen-bond acceptors (Lipinski definition) is 3. The molecule has 1 heterocycles. The first-order valence-electron chi connectivity index (χ1n) is 5.76. The number of rotatable bonds is 5. The van der Waals surface area contributed by atoms with Crippen LogP contribution < -0.4 is 5.32 Å². The molecule has 1 unspecified atom stereocenters. The lowest BCUT2D eigenvalue weighted by molar-refractivity contribution is -0.138. The summed E-state index contributed by atoms with van der Waals surface area (Å²) in [5, 5.41) is 11.8. The predicted octanol–water partition coefficient (Wildman–Crippen LogP) is 1.88. The Hall–Kier alpha value is -2.56. The quantitative estimate of drug-likeness (QED) is 0.859. The highest BCUT2D eigenvalue weighted by molar-refractivity contribution is 5.94. The maximum atomic E-state index is 11.7. The molecular formula is C14H13NO4. The average Bonchev–Trinajstić information content (AvgIpc) is 2.93. The van der Waals surface area contributed by atoms with Gasteiger partial charge in [0, 0.05) is 6.54 Å². The first-order valence-corrected chi connectivity index (χ1v) is 5.76. The molecule has 2 aromatic rings. The van der Waals surface area contributed by atoms with Gasteiger partial charge < -0.3 is 14.8 Å². The zero-order valence-electron chi connectivity index (χ0n) is 10.1. The molecule has 5 nitrogen and oxygen atoms in total. The Morgan fingerprint density at radius 2 is 1.95 bits per heavy atom. The van der Waals surface area contributed by atoms with Crippen molar-refractivity contribution < 1.29 is 19.1 Å². The molecule has 98 valence electrons. The number of carboxylic acids is 1. The van der Waals surface area contributed by atoms with Gasteiger partial charge in [-0.3, -0.25) is 9.59 Å². The van der Waals surface area contributed by atoms with Gasteiger partial charge in [-0.25, -0.2) is 0 Å². The van der Waals surface area contributed by atoms with Crippen molar-refractivity contribution in [3.05, 3.63) is 60.1 Å². The lowest BCUT2D eigenvalue weighted by Crippen LogP contribution is -2.31. The molecule has 0 saturated heterocycles. The molecule has 1 aromatic carbocycles. The molecule has 1 aromatic heterocycles. The summed E-state index contributed by atoms with van der Waals surface area (Å²) in [6.07, 6.45) is 2.70. The Bertz CT molecular complexity index is 548. The van der Waals surface area contributed by atoms with E-state index in [0.29, 0.717) is 11.1 Å². The molecule has 0 aliphatic carbocycles. The summed E-state index contributed by atoms with van der Waals surface area (Å²) in [7, 11) is 0. The Morgan fingerprint density at radius 1 is 1.21 bits per heavy atom. The van der Waals surface area contributed by atoms with Crippen LogP contribution in [-0.2, 0) is 4.79 Å². The smallest absolute Gasteiger partial charge is 0.312 e. The zero-order valence-corrected chi connectivity index (χ0v) is 10.1. The van der Waals surface area contributed by atoms with E-state index in [-0.39, 0.29) is 12.5 Å². The van der Waals surface area contributed by atoms with Crippen LogP contribution in [0.1, 0.15) is 21.8 Å². The van der Waals surface area contributed by atoms with Crippen molar-refractivity contribution >= 4 is 11.9 Å². The van der Waals surface area contributed by atoms with Crippen molar-refractivity contribution in [1.82, 2.24) is 5.32 Å². The second-order valence-electron chi connectivity index (χ2n) is 4.02. The van der Waals surface area contributed by atoms with E-state index in [2.05, 4.69) is 5.32 Å². The van der Waals surface area contributed by atoms with E-state index in [1.165, 1.54) is 18.6 Å². The number of furan rings is 1. The SMILES string of the molecule is O=C(NCC(C(=O)O)c1ccccc1)c1ccoc1. The molecule has 0 radical (unpaired) electrons. The highest BCUT2D eigenvalue weighted by atomic mass is 16.4. The van der Waals surface area contributed by atoms with Crippen LogP contribution in [-0.4, -0.2) is 23.5 Å². The Morgan fingerprint density at radius 3 is 2.53 bits per heavy atom. The first kappa shape index (κ1) is 12.9. The zero-order chi connectivity index (χ0) is 13.7. The summed E-state index contributed by atoms with van der Waals surface area (Å²) < 4.78 is 4.80. The van der Waals surface area contributed by atoms with Gasteiger partial charge in [0.05, 0.1) is 17.7 Å². The highest BCUT2D eigenvalue weighted by Gasteiger charge is 2.20. The second kappa shape index (κ2) is 5.86. The Kier molecular flexibility index (Phi) is 3.97. The predicted molar refractivity (Wildman–Crippen MR) is 67.9 cm³/mol. The molecule has 0 aliphatic heterocycles. The molecule has 1 amide bonds. The minimum Gasteiger partial charge on any atom is -0.481 e. The van der Waals surface area contributed by atoms with Crippen molar-refractivity contribution in [3.8, 4) is 0 Å². The van der Waals surface area contributed by atoms with Crippen LogP contribution in [0.4, 0.5) is 0 Å². The van der Waals surface area contributed by atoms with Crippen LogP contribution in [0.15, 0.2) is 53.3 Å². The van der Waals surface area contributed by atoms with E-state index < -0.39 is 11.9 Å². The summed E-state index contributed by atoms with van der Waals surface area (Å²) in [6.45, 7) is 0.0311. The van der Waals surface area contributed by atoms with Crippen LogP contribution >= 0.6 is 0 Å². The van der Waals surface area contributed by atoms with E-state index in [9.17, 15) is 14.7 Å². The molecule has 0 bridgehead atoms. The van der Waals surface area contributed by atoms with E-state index in [0.717, 1.165) is 0 Å².